The zero-order chi connectivity index (χ0) is 19.5. The maximum absolute atomic E-state index is 12.5. The predicted molar refractivity (Wildman–Crippen MR) is 110 cm³/mol. The molecule has 8 heteroatoms. The van der Waals surface area contributed by atoms with Crippen LogP contribution in [0.15, 0.2) is 67.1 Å². The van der Waals surface area contributed by atoms with Gasteiger partial charge in [0.25, 0.3) is 5.91 Å². The van der Waals surface area contributed by atoms with E-state index in [-0.39, 0.29) is 5.91 Å². The van der Waals surface area contributed by atoms with Crippen LogP contribution in [0.2, 0.25) is 5.02 Å². The van der Waals surface area contributed by atoms with E-state index in [0.717, 1.165) is 10.6 Å². The number of aryl methyl sites for hydroxylation is 1. The average molecular weight is 411 g/mol. The topological polar surface area (TPSA) is 69.0 Å². The van der Waals surface area contributed by atoms with Crippen molar-refractivity contribution in [3.8, 4) is 22.1 Å². The van der Waals surface area contributed by atoms with Crippen LogP contribution in [0.25, 0.3) is 10.6 Å². The molecule has 0 bridgehead atoms. The fourth-order valence-electron chi connectivity index (χ4n) is 2.50. The van der Waals surface area contributed by atoms with Gasteiger partial charge in [0.15, 0.2) is 0 Å². The highest BCUT2D eigenvalue weighted by Crippen LogP contribution is 2.30. The van der Waals surface area contributed by atoms with Gasteiger partial charge in [0.05, 0.1) is 17.4 Å². The first-order chi connectivity index (χ1) is 13.6. The summed E-state index contributed by atoms with van der Waals surface area (Å²) in [4.78, 5) is 17.3. The summed E-state index contributed by atoms with van der Waals surface area (Å²) < 4.78 is 7.44. The average Bonchev–Trinajstić information content (AvgIpc) is 3.34. The summed E-state index contributed by atoms with van der Waals surface area (Å²) in [5, 5.41) is 8.27. The first-order valence-electron chi connectivity index (χ1n) is 8.37. The van der Waals surface area contributed by atoms with Gasteiger partial charge in [0, 0.05) is 24.5 Å². The van der Waals surface area contributed by atoms with Crippen molar-refractivity contribution >= 4 is 34.5 Å². The highest BCUT2D eigenvalue weighted by molar-refractivity contribution is 7.17. The van der Waals surface area contributed by atoms with Crippen LogP contribution in [0.1, 0.15) is 9.67 Å². The van der Waals surface area contributed by atoms with Crippen LogP contribution in [0.3, 0.4) is 0 Å². The van der Waals surface area contributed by atoms with E-state index in [2.05, 4.69) is 15.4 Å². The number of halogens is 1. The number of para-hydroxylation sites is 1. The summed E-state index contributed by atoms with van der Waals surface area (Å²) in [6.45, 7) is 0. The Bertz CT molecular complexity index is 1120. The number of nitrogens with one attached hydrogen (secondary N) is 1. The standard InChI is InChI=1S/C20H15ClN4O2S/c1-25-12-13(10-23-25)20-22-11-18(28-20)19(26)24-14-6-8-15(9-7-14)27-17-5-3-2-4-16(17)21/h2-12H,1H3,(H,24,26). The summed E-state index contributed by atoms with van der Waals surface area (Å²) in [6.07, 6.45) is 5.15. The largest absolute Gasteiger partial charge is 0.456 e. The Hall–Kier alpha value is -3.16. The SMILES string of the molecule is Cn1cc(-c2ncc(C(=O)Nc3ccc(Oc4ccccc4Cl)cc3)s2)cn1. The molecule has 0 aliphatic rings. The number of amides is 1. The molecular formula is C20H15ClN4O2S. The summed E-state index contributed by atoms with van der Waals surface area (Å²) >= 11 is 7.42. The number of ether oxygens (including phenoxy) is 1. The molecule has 0 saturated carbocycles. The van der Waals surface area contributed by atoms with Crippen LogP contribution in [0, 0.1) is 0 Å². The number of rotatable bonds is 5. The molecule has 2 aromatic heterocycles. The van der Waals surface area contributed by atoms with E-state index in [1.165, 1.54) is 11.3 Å². The Labute approximate surface area is 170 Å². The zero-order valence-electron chi connectivity index (χ0n) is 14.8. The number of nitrogens with zero attached hydrogens (tertiary/aromatic N) is 3. The van der Waals surface area contributed by atoms with Crippen molar-refractivity contribution in [2.24, 2.45) is 7.05 Å². The van der Waals surface area contributed by atoms with Crippen LogP contribution in [-0.4, -0.2) is 20.7 Å². The molecule has 0 spiro atoms. The number of carbonyl (C=O) groups is 1. The molecule has 1 amide bonds. The monoisotopic (exact) mass is 410 g/mol. The molecule has 0 fully saturated rings. The Balaban J connectivity index is 1.42. The molecule has 2 heterocycles. The minimum atomic E-state index is -0.215. The quantitative estimate of drug-likeness (QED) is 0.488. The summed E-state index contributed by atoms with van der Waals surface area (Å²) in [5.41, 5.74) is 1.54. The maximum atomic E-state index is 12.5. The van der Waals surface area contributed by atoms with Gasteiger partial charge >= 0.3 is 0 Å². The summed E-state index contributed by atoms with van der Waals surface area (Å²) in [7, 11) is 1.84. The Morgan fingerprint density at radius 3 is 2.64 bits per heavy atom. The maximum Gasteiger partial charge on any atom is 0.267 e. The molecule has 2 aromatic carbocycles. The van der Waals surface area contributed by atoms with E-state index < -0.39 is 0 Å². The van der Waals surface area contributed by atoms with Crippen LogP contribution in [0.4, 0.5) is 5.69 Å². The molecule has 0 aliphatic heterocycles. The van der Waals surface area contributed by atoms with Crippen molar-refractivity contribution in [2.45, 2.75) is 0 Å². The first kappa shape index (κ1) is 18.2. The smallest absolute Gasteiger partial charge is 0.267 e. The molecule has 4 aromatic rings. The Kier molecular flexibility index (Phi) is 5.10. The molecule has 0 unspecified atom stereocenters. The Morgan fingerprint density at radius 1 is 1.14 bits per heavy atom. The van der Waals surface area contributed by atoms with Crippen molar-refractivity contribution in [3.63, 3.8) is 0 Å². The summed E-state index contributed by atoms with van der Waals surface area (Å²) in [5.74, 6) is 0.990. The van der Waals surface area contributed by atoms with E-state index in [1.54, 1.807) is 53.5 Å². The number of benzene rings is 2. The lowest BCUT2D eigenvalue weighted by Crippen LogP contribution is -2.09. The van der Waals surface area contributed by atoms with Crippen molar-refractivity contribution < 1.29 is 9.53 Å². The van der Waals surface area contributed by atoms with Gasteiger partial charge in [-0.05, 0) is 36.4 Å². The van der Waals surface area contributed by atoms with Crippen molar-refractivity contribution in [1.29, 1.82) is 0 Å². The highest BCUT2D eigenvalue weighted by Gasteiger charge is 2.13. The number of carbonyl (C=O) groups excluding carboxylic acids is 1. The normalized spacial score (nSPS) is 10.6. The lowest BCUT2D eigenvalue weighted by molar-refractivity contribution is 0.103. The third kappa shape index (κ3) is 4.05. The van der Waals surface area contributed by atoms with Crippen molar-refractivity contribution in [1.82, 2.24) is 14.8 Å². The second kappa shape index (κ2) is 7.84. The molecule has 0 saturated heterocycles. The van der Waals surface area contributed by atoms with Crippen molar-refractivity contribution in [2.75, 3.05) is 5.32 Å². The van der Waals surface area contributed by atoms with Gasteiger partial charge in [0.2, 0.25) is 0 Å². The third-order valence-electron chi connectivity index (χ3n) is 3.86. The number of anilines is 1. The van der Waals surface area contributed by atoms with E-state index in [1.807, 2.05) is 25.4 Å². The third-order valence-corrected chi connectivity index (χ3v) is 5.22. The predicted octanol–water partition coefficient (Wildman–Crippen LogP) is 5.24. The van der Waals surface area contributed by atoms with Gasteiger partial charge in [-0.3, -0.25) is 9.48 Å². The summed E-state index contributed by atoms with van der Waals surface area (Å²) in [6, 6.07) is 14.3. The van der Waals surface area contributed by atoms with Crippen LogP contribution < -0.4 is 10.1 Å². The van der Waals surface area contributed by atoms with Gasteiger partial charge in [0.1, 0.15) is 21.4 Å². The zero-order valence-corrected chi connectivity index (χ0v) is 16.4. The van der Waals surface area contributed by atoms with Gasteiger partial charge < -0.3 is 10.1 Å². The second-order valence-electron chi connectivity index (χ2n) is 5.94. The van der Waals surface area contributed by atoms with Gasteiger partial charge in [-0.2, -0.15) is 5.10 Å². The van der Waals surface area contributed by atoms with E-state index >= 15 is 0 Å². The fraction of sp³-hybridized carbons (Fsp3) is 0.0500. The number of aromatic nitrogens is 3. The minimum absolute atomic E-state index is 0.215. The van der Waals surface area contributed by atoms with E-state index in [0.29, 0.717) is 27.1 Å². The minimum Gasteiger partial charge on any atom is -0.456 e. The number of hydrogen-bond acceptors (Lipinski definition) is 5. The molecule has 4 rings (SSSR count). The Morgan fingerprint density at radius 2 is 1.93 bits per heavy atom. The lowest BCUT2D eigenvalue weighted by Gasteiger charge is -2.08. The van der Waals surface area contributed by atoms with Crippen molar-refractivity contribution in [3.05, 3.63) is 77.0 Å². The molecular weight excluding hydrogens is 396 g/mol. The van der Waals surface area contributed by atoms with E-state index in [9.17, 15) is 4.79 Å². The van der Waals surface area contributed by atoms with Gasteiger partial charge in [-0.25, -0.2) is 4.98 Å². The van der Waals surface area contributed by atoms with E-state index in [4.69, 9.17) is 16.3 Å². The molecule has 0 aliphatic carbocycles. The lowest BCUT2D eigenvalue weighted by atomic mass is 10.3. The molecule has 6 nitrogen and oxygen atoms in total. The van der Waals surface area contributed by atoms with Crippen LogP contribution in [-0.2, 0) is 7.05 Å². The van der Waals surface area contributed by atoms with Gasteiger partial charge in [-0.1, -0.05) is 23.7 Å². The number of hydrogen-bond donors (Lipinski definition) is 1. The highest BCUT2D eigenvalue weighted by atomic mass is 35.5. The first-order valence-corrected chi connectivity index (χ1v) is 9.56. The van der Waals surface area contributed by atoms with Gasteiger partial charge in [-0.15, -0.1) is 11.3 Å². The molecule has 1 N–H and O–H groups in total. The molecule has 0 radical (unpaired) electrons. The molecule has 28 heavy (non-hydrogen) atoms. The van der Waals surface area contributed by atoms with Crippen LogP contribution >= 0.6 is 22.9 Å². The van der Waals surface area contributed by atoms with Crippen LogP contribution in [0.5, 0.6) is 11.5 Å². The number of thiazole rings is 1. The molecule has 140 valence electrons. The second-order valence-corrected chi connectivity index (χ2v) is 7.38. The fourth-order valence-corrected chi connectivity index (χ4v) is 3.46. The molecule has 0 atom stereocenters.